The van der Waals surface area contributed by atoms with Crippen LogP contribution in [0.3, 0.4) is 0 Å². The average Bonchev–Trinajstić information content (AvgIpc) is 2.33. The van der Waals surface area contributed by atoms with Gasteiger partial charge in [-0.1, -0.05) is 30.9 Å². The largest absolute Gasteiger partial charge is 0.384 e. The maximum absolute atomic E-state index is 12.0. The molecule has 17 heavy (non-hydrogen) atoms. The molecule has 1 saturated carbocycles. The van der Waals surface area contributed by atoms with Gasteiger partial charge in [-0.2, -0.15) is 0 Å². The lowest BCUT2D eigenvalue weighted by molar-refractivity contribution is 0.0928. The molecule has 92 valence electrons. The molecule has 1 aromatic rings. The second-order valence-electron chi connectivity index (χ2n) is 4.40. The van der Waals surface area contributed by atoms with Crippen LogP contribution < -0.4 is 11.1 Å². The van der Waals surface area contributed by atoms with Gasteiger partial charge >= 0.3 is 0 Å². The fourth-order valence-corrected chi connectivity index (χ4v) is 2.33. The Kier molecular flexibility index (Phi) is 3.84. The van der Waals surface area contributed by atoms with Gasteiger partial charge < -0.3 is 11.1 Å². The molecule has 1 aromatic heterocycles. The standard InChI is InChI=1S/C12H16ClN3O/c13-10-7-15-11(14)6-9(10)12(17)16-8-4-2-1-3-5-8/h6-8H,1-5H2,(H2,14,15)(H,16,17). The lowest BCUT2D eigenvalue weighted by Crippen LogP contribution is -2.36. The summed E-state index contributed by atoms with van der Waals surface area (Å²) in [4.78, 5) is 15.8. The quantitative estimate of drug-likeness (QED) is 0.850. The fraction of sp³-hybridized carbons (Fsp3) is 0.500. The number of nitrogens with zero attached hydrogens (tertiary/aromatic N) is 1. The maximum atomic E-state index is 12.0. The number of rotatable bonds is 2. The molecule has 1 fully saturated rings. The van der Waals surface area contributed by atoms with Crippen molar-refractivity contribution in [1.29, 1.82) is 0 Å². The molecule has 0 aromatic carbocycles. The third-order valence-electron chi connectivity index (χ3n) is 3.06. The Morgan fingerprint density at radius 1 is 1.41 bits per heavy atom. The summed E-state index contributed by atoms with van der Waals surface area (Å²) in [5, 5.41) is 3.34. The molecule has 0 aliphatic heterocycles. The normalized spacial score (nSPS) is 16.8. The van der Waals surface area contributed by atoms with Gasteiger partial charge in [-0.3, -0.25) is 4.79 Å². The van der Waals surface area contributed by atoms with Crippen molar-refractivity contribution in [2.75, 3.05) is 5.73 Å². The van der Waals surface area contributed by atoms with E-state index in [9.17, 15) is 4.79 Å². The van der Waals surface area contributed by atoms with Gasteiger partial charge in [0.15, 0.2) is 0 Å². The lowest BCUT2D eigenvalue weighted by atomic mass is 9.95. The zero-order chi connectivity index (χ0) is 12.3. The predicted octanol–water partition coefficient (Wildman–Crippen LogP) is 2.38. The monoisotopic (exact) mass is 253 g/mol. The van der Waals surface area contributed by atoms with Gasteiger partial charge in [-0.15, -0.1) is 0 Å². The number of nitrogens with one attached hydrogen (secondary N) is 1. The molecule has 1 amide bonds. The summed E-state index contributed by atoms with van der Waals surface area (Å²) in [5.41, 5.74) is 5.96. The molecule has 1 aliphatic rings. The zero-order valence-corrected chi connectivity index (χ0v) is 10.3. The lowest BCUT2D eigenvalue weighted by Gasteiger charge is -2.22. The van der Waals surface area contributed by atoms with Crippen LogP contribution in [-0.4, -0.2) is 16.9 Å². The molecule has 0 saturated heterocycles. The van der Waals surface area contributed by atoms with Crippen molar-refractivity contribution in [3.63, 3.8) is 0 Å². The first-order chi connectivity index (χ1) is 8.16. The van der Waals surface area contributed by atoms with Crippen molar-refractivity contribution in [3.05, 3.63) is 22.8 Å². The number of anilines is 1. The molecule has 1 aliphatic carbocycles. The van der Waals surface area contributed by atoms with Crippen molar-refractivity contribution in [3.8, 4) is 0 Å². The van der Waals surface area contributed by atoms with E-state index in [4.69, 9.17) is 17.3 Å². The SMILES string of the molecule is Nc1cc(C(=O)NC2CCCCC2)c(Cl)cn1. The van der Waals surface area contributed by atoms with Crippen LogP contribution >= 0.6 is 11.6 Å². The molecule has 0 atom stereocenters. The minimum atomic E-state index is -0.156. The highest BCUT2D eigenvalue weighted by molar-refractivity contribution is 6.33. The summed E-state index contributed by atoms with van der Waals surface area (Å²) >= 11 is 5.93. The molecular formula is C12H16ClN3O. The molecule has 0 unspecified atom stereocenters. The minimum Gasteiger partial charge on any atom is -0.384 e. The van der Waals surface area contributed by atoms with E-state index in [0.717, 1.165) is 12.8 Å². The number of hydrogen-bond acceptors (Lipinski definition) is 3. The molecule has 5 heteroatoms. The zero-order valence-electron chi connectivity index (χ0n) is 9.58. The van der Waals surface area contributed by atoms with Crippen LogP contribution in [0.25, 0.3) is 0 Å². The summed E-state index contributed by atoms with van der Waals surface area (Å²) in [6, 6.07) is 1.78. The third-order valence-corrected chi connectivity index (χ3v) is 3.36. The van der Waals surface area contributed by atoms with Crippen LogP contribution in [0.5, 0.6) is 0 Å². The molecule has 0 spiro atoms. The molecule has 0 radical (unpaired) electrons. The van der Waals surface area contributed by atoms with Gasteiger partial charge in [-0.05, 0) is 18.9 Å². The number of nitrogens with two attached hydrogens (primary N) is 1. The van der Waals surface area contributed by atoms with E-state index in [1.54, 1.807) is 0 Å². The summed E-state index contributed by atoms with van der Waals surface area (Å²) in [6.07, 6.45) is 7.12. The molecule has 4 nitrogen and oxygen atoms in total. The van der Waals surface area contributed by atoms with E-state index in [-0.39, 0.29) is 11.9 Å². The maximum Gasteiger partial charge on any atom is 0.253 e. The van der Waals surface area contributed by atoms with Crippen molar-refractivity contribution < 1.29 is 4.79 Å². The molecule has 1 heterocycles. The fourth-order valence-electron chi connectivity index (χ4n) is 2.14. The van der Waals surface area contributed by atoms with Crippen molar-refractivity contribution in [1.82, 2.24) is 10.3 Å². The van der Waals surface area contributed by atoms with E-state index in [1.807, 2.05) is 0 Å². The number of pyridine rings is 1. The average molecular weight is 254 g/mol. The van der Waals surface area contributed by atoms with Crippen LogP contribution in [-0.2, 0) is 0 Å². The van der Waals surface area contributed by atoms with Gasteiger partial charge in [-0.25, -0.2) is 4.98 Å². The Balaban J connectivity index is 2.05. The number of halogens is 1. The highest BCUT2D eigenvalue weighted by atomic mass is 35.5. The van der Waals surface area contributed by atoms with Gasteiger partial charge in [0.2, 0.25) is 0 Å². The van der Waals surface area contributed by atoms with Crippen LogP contribution in [0.1, 0.15) is 42.5 Å². The number of aromatic nitrogens is 1. The highest BCUT2D eigenvalue weighted by Crippen LogP contribution is 2.20. The number of carbonyl (C=O) groups is 1. The van der Waals surface area contributed by atoms with E-state index < -0.39 is 0 Å². The molecule has 0 bridgehead atoms. The van der Waals surface area contributed by atoms with Crippen LogP contribution in [0.15, 0.2) is 12.3 Å². The van der Waals surface area contributed by atoms with E-state index in [0.29, 0.717) is 16.4 Å². The summed E-state index contributed by atoms with van der Waals surface area (Å²) < 4.78 is 0. The van der Waals surface area contributed by atoms with Crippen molar-refractivity contribution in [2.24, 2.45) is 0 Å². The molecule has 3 N–H and O–H groups in total. The third kappa shape index (κ3) is 3.09. The smallest absolute Gasteiger partial charge is 0.253 e. The topological polar surface area (TPSA) is 68.0 Å². The number of carbonyl (C=O) groups excluding carboxylic acids is 1. The van der Waals surface area contributed by atoms with E-state index >= 15 is 0 Å². The minimum absolute atomic E-state index is 0.156. The Hall–Kier alpha value is -1.29. The van der Waals surface area contributed by atoms with Crippen molar-refractivity contribution >= 4 is 23.3 Å². The van der Waals surface area contributed by atoms with Gasteiger partial charge in [0.05, 0.1) is 10.6 Å². The highest BCUT2D eigenvalue weighted by Gasteiger charge is 2.18. The second kappa shape index (κ2) is 5.36. The Morgan fingerprint density at radius 2 is 2.12 bits per heavy atom. The Morgan fingerprint density at radius 3 is 2.82 bits per heavy atom. The van der Waals surface area contributed by atoms with Gasteiger partial charge in [0, 0.05) is 12.2 Å². The first-order valence-electron chi connectivity index (χ1n) is 5.88. The Bertz CT molecular complexity index is 416. The summed E-state index contributed by atoms with van der Waals surface area (Å²) in [7, 11) is 0. The number of hydrogen-bond donors (Lipinski definition) is 2. The first kappa shape index (κ1) is 12.2. The molecule has 2 rings (SSSR count). The van der Waals surface area contributed by atoms with Crippen LogP contribution in [0.4, 0.5) is 5.82 Å². The predicted molar refractivity (Wildman–Crippen MR) is 68.0 cm³/mol. The van der Waals surface area contributed by atoms with Crippen LogP contribution in [0, 0.1) is 0 Å². The summed E-state index contributed by atoms with van der Waals surface area (Å²) in [6.45, 7) is 0. The van der Waals surface area contributed by atoms with E-state index in [1.165, 1.54) is 31.5 Å². The van der Waals surface area contributed by atoms with E-state index in [2.05, 4.69) is 10.3 Å². The second-order valence-corrected chi connectivity index (χ2v) is 4.80. The number of amides is 1. The summed E-state index contributed by atoms with van der Waals surface area (Å²) in [5.74, 6) is 0.152. The Labute approximate surface area is 106 Å². The van der Waals surface area contributed by atoms with Gasteiger partial charge in [0.1, 0.15) is 5.82 Å². The molecular weight excluding hydrogens is 238 g/mol. The van der Waals surface area contributed by atoms with Gasteiger partial charge in [0.25, 0.3) is 5.91 Å². The first-order valence-corrected chi connectivity index (χ1v) is 6.26. The van der Waals surface area contributed by atoms with Crippen molar-refractivity contribution in [2.45, 2.75) is 38.1 Å². The number of nitrogen functional groups attached to an aromatic ring is 1. The van der Waals surface area contributed by atoms with Crippen LogP contribution in [0.2, 0.25) is 5.02 Å².